The lowest BCUT2D eigenvalue weighted by Gasteiger charge is -2.11. The Kier molecular flexibility index (Phi) is 4.99. The van der Waals surface area contributed by atoms with Crippen molar-refractivity contribution in [2.24, 2.45) is 0 Å². The minimum atomic E-state index is 0.498. The molecule has 0 saturated heterocycles. The van der Waals surface area contributed by atoms with Crippen molar-refractivity contribution in [1.82, 2.24) is 10.3 Å². The minimum absolute atomic E-state index is 0.498. The van der Waals surface area contributed by atoms with Gasteiger partial charge in [0, 0.05) is 28.7 Å². The van der Waals surface area contributed by atoms with E-state index in [9.17, 15) is 0 Å². The van der Waals surface area contributed by atoms with Crippen molar-refractivity contribution in [2.75, 3.05) is 6.54 Å². The van der Waals surface area contributed by atoms with Gasteiger partial charge in [-0.05, 0) is 24.7 Å². The molecule has 0 unspecified atom stereocenters. The molecule has 0 saturated carbocycles. The molecule has 0 atom stereocenters. The standard InChI is InChI=1S/C13H15ClN2OS/c1-2-15-8-10-7-11(14)3-4-12(10)17-9-13-16-5-6-18-13/h3-7,15H,2,8-9H2,1H3. The molecule has 0 aliphatic carbocycles. The van der Waals surface area contributed by atoms with Gasteiger partial charge in [-0.2, -0.15) is 0 Å². The van der Waals surface area contributed by atoms with E-state index in [1.165, 1.54) is 0 Å². The zero-order valence-electron chi connectivity index (χ0n) is 10.1. The maximum Gasteiger partial charge on any atom is 0.140 e. The summed E-state index contributed by atoms with van der Waals surface area (Å²) in [5.74, 6) is 0.857. The van der Waals surface area contributed by atoms with Gasteiger partial charge in [-0.3, -0.25) is 0 Å². The summed E-state index contributed by atoms with van der Waals surface area (Å²) < 4.78 is 5.78. The maximum atomic E-state index is 6.00. The molecule has 96 valence electrons. The van der Waals surface area contributed by atoms with Crippen LogP contribution < -0.4 is 10.1 Å². The van der Waals surface area contributed by atoms with E-state index in [1.807, 2.05) is 23.6 Å². The Balaban J connectivity index is 2.05. The van der Waals surface area contributed by atoms with Gasteiger partial charge in [0.05, 0.1) is 0 Å². The molecule has 1 N–H and O–H groups in total. The Labute approximate surface area is 116 Å². The van der Waals surface area contributed by atoms with E-state index in [4.69, 9.17) is 16.3 Å². The van der Waals surface area contributed by atoms with Crippen LogP contribution in [0, 0.1) is 0 Å². The minimum Gasteiger partial charge on any atom is -0.486 e. The predicted octanol–water partition coefficient (Wildman–Crippen LogP) is 3.49. The van der Waals surface area contributed by atoms with Crippen molar-refractivity contribution < 1.29 is 4.74 Å². The monoisotopic (exact) mass is 282 g/mol. The van der Waals surface area contributed by atoms with Crippen molar-refractivity contribution in [3.05, 3.63) is 45.4 Å². The highest BCUT2D eigenvalue weighted by Gasteiger charge is 2.05. The quantitative estimate of drug-likeness (QED) is 0.881. The van der Waals surface area contributed by atoms with E-state index in [-0.39, 0.29) is 0 Å². The van der Waals surface area contributed by atoms with Gasteiger partial charge in [-0.15, -0.1) is 11.3 Å². The molecular formula is C13H15ClN2OS. The third-order valence-electron chi connectivity index (χ3n) is 2.42. The number of ether oxygens (including phenoxy) is 1. The Morgan fingerprint density at radius 2 is 2.33 bits per heavy atom. The first-order valence-electron chi connectivity index (χ1n) is 5.80. The summed E-state index contributed by atoms with van der Waals surface area (Å²) >= 11 is 7.59. The largest absolute Gasteiger partial charge is 0.486 e. The predicted molar refractivity (Wildman–Crippen MR) is 75.3 cm³/mol. The van der Waals surface area contributed by atoms with Crippen molar-refractivity contribution >= 4 is 22.9 Å². The van der Waals surface area contributed by atoms with Crippen LogP contribution in [0.3, 0.4) is 0 Å². The summed E-state index contributed by atoms with van der Waals surface area (Å²) in [5.41, 5.74) is 1.07. The lowest BCUT2D eigenvalue weighted by molar-refractivity contribution is 0.301. The third-order valence-corrected chi connectivity index (χ3v) is 3.41. The summed E-state index contributed by atoms with van der Waals surface area (Å²) in [5, 5.41) is 6.92. The van der Waals surface area contributed by atoms with Crippen molar-refractivity contribution in [3.63, 3.8) is 0 Å². The highest BCUT2D eigenvalue weighted by molar-refractivity contribution is 7.09. The first kappa shape index (κ1) is 13.3. The smallest absolute Gasteiger partial charge is 0.140 e. The zero-order chi connectivity index (χ0) is 12.8. The number of hydrogen-bond donors (Lipinski definition) is 1. The van der Waals surface area contributed by atoms with Crippen LogP contribution in [0.15, 0.2) is 29.8 Å². The average Bonchev–Trinajstić information content (AvgIpc) is 2.88. The van der Waals surface area contributed by atoms with Gasteiger partial charge < -0.3 is 10.1 Å². The van der Waals surface area contributed by atoms with Crippen molar-refractivity contribution in [1.29, 1.82) is 0 Å². The average molecular weight is 283 g/mol. The van der Waals surface area contributed by atoms with Gasteiger partial charge in [0.25, 0.3) is 0 Å². The van der Waals surface area contributed by atoms with Gasteiger partial charge in [0.2, 0.25) is 0 Å². The Hall–Kier alpha value is -1.10. The first-order chi connectivity index (χ1) is 8.79. The molecule has 1 aromatic carbocycles. The number of hydrogen-bond acceptors (Lipinski definition) is 4. The summed E-state index contributed by atoms with van der Waals surface area (Å²) in [4.78, 5) is 4.19. The number of nitrogens with zero attached hydrogens (tertiary/aromatic N) is 1. The first-order valence-corrected chi connectivity index (χ1v) is 7.05. The fourth-order valence-electron chi connectivity index (χ4n) is 1.55. The fraction of sp³-hybridized carbons (Fsp3) is 0.308. The molecule has 3 nitrogen and oxygen atoms in total. The number of aromatic nitrogens is 1. The summed E-state index contributed by atoms with van der Waals surface area (Å²) in [6.45, 7) is 4.24. The van der Waals surface area contributed by atoms with Gasteiger partial charge in [-0.1, -0.05) is 18.5 Å². The second-order valence-corrected chi connectivity index (χ2v) is 5.16. The molecule has 2 aromatic rings. The van der Waals surface area contributed by atoms with Crippen LogP contribution in [-0.4, -0.2) is 11.5 Å². The molecule has 5 heteroatoms. The molecule has 0 amide bonds. The third kappa shape index (κ3) is 3.70. The van der Waals surface area contributed by atoms with E-state index >= 15 is 0 Å². The lowest BCUT2D eigenvalue weighted by Crippen LogP contribution is -2.12. The van der Waals surface area contributed by atoms with Crippen LogP contribution in [0.4, 0.5) is 0 Å². The SMILES string of the molecule is CCNCc1cc(Cl)ccc1OCc1nccs1. The van der Waals surface area contributed by atoms with E-state index in [0.29, 0.717) is 6.61 Å². The van der Waals surface area contributed by atoms with Crippen LogP contribution >= 0.6 is 22.9 Å². The van der Waals surface area contributed by atoms with E-state index in [0.717, 1.165) is 34.4 Å². The molecule has 0 spiro atoms. The van der Waals surface area contributed by atoms with E-state index in [2.05, 4.69) is 17.2 Å². The zero-order valence-corrected chi connectivity index (χ0v) is 11.7. The van der Waals surface area contributed by atoms with Crippen LogP contribution in [0.2, 0.25) is 5.02 Å². The lowest BCUT2D eigenvalue weighted by atomic mass is 10.2. The Morgan fingerprint density at radius 1 is 1.44 bits per heavy atom. The second-order valence-electron chi connectivity index (χ2n) is 3.75. The summed E-state index contributed by atoms with van der Waals surface area (Å²) in [6.07, 6.45) is 1.78. The normalized spacial score (nSPS) is 10.6. The Bertz CT molecular complexity index is 488. The van der Waals surface area contributed by atoms with E-state index < -0.39 is 0 Å². The molecule has 2 rings (SSSR count). The molecule has 0 bridgehead atoms. The molecule has 0 aliphatic rings. The summed E-state index contributed by atoms with van der Waals surface area (Å²) in [6, 6.07) is 5.68. The Morgan fingerprint density at radius 3 is 3.06 bits per heavy atom. The molecule has 0 aliphatic heterocycles. The molecular weight excluding hydrogens is 268 g/mol. The second kappa shape index (κ2) is 6.73. The van der Waals surface area contributed by atoms with Crippen LogP contribution in [0.5, 0.6) is 5.75 Å². The van der Waals surface area contributed by atoms with Crippen LogP contribution in [0.25, 0.3) is 0 Å². The topological polar surface area (TPSA) is 34.1 Å². The molecule has 0 radical (unpaired) electrons. The number of rotatable bonds is 6. The summed E-state index contributed by atoms with van der Waals surface area (Å²) in [7, 11) is 0. The highest BCUT2D eigenvalue weighted by Crippen LogP contribution is 2.24. The van der Waals surface area contributed by atoms with E-state index in [1.54, 1.807) is 17.5 Å². The highest BCUT2D eigenvalue weighted by atomic mass is 35.5. The maximum absolute atomic E-state index is 6.00. The molecule has 1 aromatic heterocycles. The van der Waals surface area contributed by atoms with Crippen LogP contribution in [-0.2, 0) is 13.2 Å². The van der Waals surface area contributed by atoms with Gasteiger partial charge in [-0.25, -0.2) is 4.98 Å². The van der Waals surface area contributed by atoms with Crippen molar-refractivity contribution in [2.45, 2.75) is 20.1 Å². The van der Waals surface area contributed by atoms with Crippen LogP contribution in [0.1, 0.15) is 17.5 Å². The van der Waals surface area contributed by atoms with Gasteiger partial charge >= 0.3 is 0 Å². The number of halogens is 1. The van der Waals surface area contributed by atoms with Gasteiger partial charge in [0.15, 0.2) is 0 Å². The fourth-order valence-corrected chi connectivity index (χ4v) is 2.27. The molecule has 1 heterocycles. The molecule has 18 heavy (non-hydrogen) atoms. The molecule has 0 fully saturated rings. The van der Waals surface area contributed by atoms with Gasteiger partial charge in [0.1, 0.15) is 17.4 Å². The number of thiazole rings is 1. The number of nitrogens with one attached hydrogen (secondary N) is 1. The number of benzene rings is 1. The van der Waals surface area contributed by atoms with Crippen molar-refractivity contribution in [3.8, 4) is 5.75 Å².